The predicted molar refractivity (Wildman–Crippen MR) is 87.5 cm³/mol. The molecule has 0 aliphatic rings. The third-order valence-electron chi connectivity index (χ3n) is 3.72. The van der Waals surface area contributed by atoms with E-state index in [4.69, 9.17) is 9.26 Å². The van der Waals surface area contributed by atoms with Gasteiger partial charge in [0.25, 0.3) is 5.91 Å². The number of nitrogens with zero attached hydrogens (tertiary/aromatic N) is 2. The fourth-order valence-electron chi connectivity index (χ4n) is 2.50. The van der Waals surface area contributed by atoms with Crippen LogP contribution in [0.25, 0.3) is 10.8 Å². The molecule has 0 radical (unpaired) electrons. The minimum absolute atomic E-state index is 0.180. The lowest BCUT2D eigenvalue weighted by atomic mass is 10.1. The van der Waals surface area contributed by atoms with Crippen molar-refractivity contribution in [2.75, 3.05) is 14.2 Å². The second-order valence-electron chi connectivity index (χ2n) is 5.54. The minimum atomic E-state index is -0.180. The van der Waals surface area contributed by atoms with Crippen molar-refractivity contribution >= 4 is 16.7 Å². The van der Waals surface area contributed by atoms with Crippen molar-refractivity contribution in [2.45, 2.75) is 13.5 Å². The van der Waals surface area contributed by atoms with E-state index < -0.39 is 0 Å². The summed E-state index contributed by atoms with van der Waals surface area (Å²) in [5, 5.41) is 5.97. The van der Waals surface area contributed by atoms with Crippen LogP contribution in [0.1, 0.15) is 21.8 Å². The molecule has 3 rings (SSSR count). The number of rotatable bonds is 4. The fraction of sp³-hybridized carbons (Fsp3) is 0.222. The molecule has 5 heteroatoms. The number of fused-ring (bicyclic) bond motifs is 1. The summed E-state index contributed by atoms with van der Waals surface area (Å²) >= 11 is 0. The van der Waals surface area contributed by atoms with E-state index in [2.05, 4.69) is 11.2 Å². The standard InChI is InChI=1S/C18H18N2O3/c1-12-8-17(23-19-12)18(21)20(2)11-13-4-5-15-10-16(22-3)7-6-14(15)9-13/h4-10H,11H2,1-3H3. The molecule has 0 saturated carbocycles. The first-order valence-electron chi connectivity index (χ1n) is 7.32. The molecule has 0 saturated heterocycles. The molecule has 0 N–H and O–H groups in total. The van der Waals surface area contributed by atoms with Crippen LogP contribution >= 0.6 is 0 Å². The third kappa shape index (κ3) is 3.18. The molecule has 1 amide bonds. The number of hydrogen-bond acceptors (Lipinski definition) is 4. The first-order chi connectivity index (χ1) is 11.1. The quantitative estimate of drug-likeness (QED) is 0.741. The summed E-state index contributed by atoms with van der Waals surface area (Å²) in [7, 11) is 3.40. The van der Waals surface area contributed by atoms with Crippen LogP contribution in [-0.4, -0.2) is 30.1 Å². The van der Waals surface area contributed by atoms with Gasteiger partial charge in [0.1, 0.15) is 5.75 Å². The van der Waals surface area contributed by atoms with Crippen molar-refractivity contribution in [3.63, 3.8) is 0 Å². The number of benzene rings is 2. The molecule has 0 fully saturated rings. The normalized spacial score (nSPS) is 10.7. The number of aryl methyl sites for hydroxylation is 1. The second kappa shape index (κ2) is 6.12. The number of carbonyl (C=O) groups excluding carboxylic acids is 1. The maximum Gasteiger partial charge on any atom is 0.292 e. The highest BCUT2D eigenvalue weighted by Crippen LogP contribution is 2.22. The molecular formula is C18H18N2O3. The molecule has 0 bridgehead atoms. The first kappa shape index (κ1) is 15.1. The van der Waals surface area contributed by atoms with Crippen LogP contribution in [0.15, 0.2) is 47.0 Å². The van der Waals surface area contributed by atoms with Gasteiger partial charge in [0, 0.05) is 19.7 Å². The summed E-state index contributed by atoms with van der Waals surface area (Å²) in [5.41, 5.74) is 1.75. The van der Waals surface area contributed by atoms with E-state index in [1.165, 1.54) is 0 Å². The van der Waals surface area contributed by atoms with Crippen LogP contribution in [0.3, 0.4) is 0 Å². The molecule has 1 heterocycles. The van der Waals surface area contributed by atoms with Gasteiger partial charge in [-0.15, -0.1) is 0 Å². The zero-order valence-corrected chi connectivity index (χ0v) is 13.4. The first-order valence-corrected chi connectivity index (χ1v) is 7.32. The van der Waals surface area contributed by atoms with Gasteiger partial charge in [-0.2, -0.15) is 0 Å². The maximum atomic E-state index is 12.3. The lowest BCUT2D eigenvalue weighted by Gasteiger charge is -2.16. The van der Waals surface area contributed by atoms with E-state index >= 15 is 0 Å². The average molecular weight is 310 g/mol. The third-order valence-corrected chi connectivity index (χ3v) is 3.72. The lowest BCUT2D eigenvalue weighted by molar-refractivity contribution is 0.0743. The molecule has 2 aromatic carbocycles. The topological polar surface area (TPSA) is 55.6 Å². The highest BCUT2D eigenvalue weighted by molar-refractivity contribution is 5.91. The molecule has 5 nitrogen and oxygen atoms in total. The van der Waals surface area contributed by atoms with Crippen LogP contribution in [0.2, 0.25) is 0 Å². The van der Waals surface area contributed by atoms with Crippen molar-refractivity contribution in [3.05, 3.63) is 59.5 Å². The monoisotopic (exact) mass is 310 g/mol. The molecular weight excluding hydrogens is 292 g/mol. The van der Waals surface area contributed by atoms with Gasteiger partial charge >= 0.3 is 0 Å². The van der Waals surface area contributed by atoms with Gasteiger partial charge in [-0.1, -0.05) is 23.4 Å². The molecule has 0 aliphatic heterocycles. The molecule has 0 aliphatic carbocycles. The van der Waals surface area contributed by atoms with Gasteiger partial charge in [-0.05, 0) is 41.5 Å². The summed E-state index contributed by atoms with van der Waals surface area (Å²) in [6, 6.07) is 13.7. The minimum Gasteiger partial charge on any atom is -0.497 e. The Labute approximate surface area is 134 Å². The van der Waals surface area contributed by atoms with Crippen molar-refractivity contribution < 1.29 is 14.1 Å². The predicted octanol–water partition coefficient (Wildman–Crippen LogP) is 3.42. The van der Waals surface area contributed by atoms with Gasteiger partial charge in [0.2, 0.25) is 5.76 Å². The lowest BCUT2D eigenvalue weighted by Crippen LogP contribution is -2.25. The van der Waals surface area contributed by atoms with Gasteiger partial charge < -0.3 is 14.2 Å². The van der Waals surface area contributed by atoms with E-state index in [9.17, 15) is 4.79 Å². The number of ether oxygens (including phenoxy) is 1. The van der Waals surface area contributed by atoms with Gasteiger partial charge in [0.05, 0.1) is 12.8 Å². The molecule has 0 spiro atoms. The number of hydrogen-bond donors (Lipinski definition) is 0. The second-order valence-corrected chi connectivity index (χ2v) is 5.54. The summed E-state index contributed by atoms with van der Waals surface area (Å²) < 4.78 is 10.3. The van der Waals surface area contributed by atoms with Crippen molar-refractivity contribution in [1.29, 1.82) is 0 Å². The highest BCUT2D eigenvalue weighted by atomic mass is 16.5. The number of amides is 1. The van der Waals surface area contributed by atoms with Crippen LogP contribution in [-0.2, 0) is 6.54 Å². The van der Waals surface area contributed by atoms with Gasteiger partial charge in [-0.3, -0.25) is 4.79 Å². The summed E-state index contributed by atoms with van der Waals surface area (Å²) in [4.78, 5) is 13.9. The summed E-state index contributed by atoms with van der Waals surface area (Å²) in [5.74, 6) is 0.911. The van der Waals surface area contributed by atoms with Crippen molar-refractivity contribution in [2.24, 2.45) is 0 Å². The zero-order valence-electron chi connectivity index (χ0n) is 13.4. The Kier molecular flexibility index (Phi) is 4.02. The van der Waals surface area contributed by atoms with E-state index in [0.29, 0.717) is 12.2 Å². The smallest absolute Gasteiger partial charge is 0.292 e. The van der Waals surface area contributed by atoms with Crippen LogP contribution in [0, 0.1) is 6.92 Å². The molecule has 23 heavy (non-hydrogen) atoms. The van der Waals surface area contributed by atoms with E-state index in [1.54, 1.807) is 32.0 Å². The number of carbonyl (C=O) groups is 1. The van der Waals surface area contributed by atoms with E-state index in [-0.39, 0.29) is 11.7 Å². The van der Waals surface area contributed by atoms with Crippen molar-refractivity contribution in [3.8, 4) is 5.75 Å². The summed E-state index contributed by atoms with van der Waals surface area (Å²) in [6.07, 6.45) is 0. The van der Waals surface area contributed by atoms with Crippen molar-refractivity contribution in [1.82, 2.24) is 10.1 Å². The highest BCUT2D eigenvalue weighted by Gasteiger charge is 2.16. The largest absolute Gasteiger partial charge is 0.497 e. The molecule has 1 aromatic heterocycles. The Balaban J connectivity index is 1.79. The van der Waals surface area contributed by atoms with E-state index in [1.807, 2.05) is 30.3 Å². The average Bonchev–Trinajstić information content (AvgIpc) is 3.00. The Morgan fingerprint density at radius 2 is 1.91 bits per heavy atom. The van der Waals surface area contributed by atoms with Crippen LogP contribution in [0.4, 0.5) is 0 Å². The Morgan fingerprint density at radius 1 is 1.17 bits per heavy atom. The van der Waals surface area contributed by atoms with Crippen LogP contribution in [0.5, 0.6) is 5.75 Å². The molecule has 118 valence electrons. The Morgan fingerprint density at radius 3 is 2.61 bits per heavy atom. The van der Waals surface area contributed by atoms with E-state index in [0.717, 1.165) is 22.1 Å². The number of aromatic nitrogens is 1. The zero-order chi connectivity index (χ0) is 16.4. The Hall–Kier alpha value is -2.82. The number of methoxy groups -OCH3 is 1. The molecule has 0 atom stereocenters. The van der Waals surface area contributed by atoms with Crippen LogP contribution < -0.4 is 4.74 Å². The fourth-order valence-corrected chi connectivity index (χ4v) is 2.50. The molecule has 3 aromatic rings. The van der Waals surface area contributed by atoms with Gasteiger partial charge in [0.15, 0.2) is 0 Å². The molecule has 0 unspecified atom stereocenters. The maximum absolute atomic E-state index is 12.3. The SMILES string of the molecule is COc1ccc2cc(CN(C)C(=O)c3cc(C)no3)ccc2c1. The van der Waals surface area contributed by atoms with Gasteiger partial charge in [-0.25, -0.2) is 0 Å². The Bertz CT molecular complexity index is 854. The summed E-state index contributed by atoms with van der Waals surface area (Å²) in [6.45, 7) is 2.29.